The predicted octanol–water partition coefficient (Wildman–Crippen LogP) is 8.66. The molecule has 6 aliphatic carbocycles. The first-order valence-electron chi connectivity index (χ1n) is 16.9. The van der Waals surface area contributed by atoms with Crippen LogP contribution in [0.2, 0.25) is 0 Å². The quantitative estimate of drug-likeness (QED) is 0.209. The zero-order valence-corrected chi connectivity index (χ0v) is 27.1. The standard InChI is InChI=1S/C38H56O3/c1-24(2)26-15-21-38(20-14-25-10-9-11-27(25)33(40)41-8)23-22-36(6)28(32(26)38)12-13-30-35(5)18-17-31(39)34(3,4)29(35)16-19-37(30,36)7/h26,28-32,39H,1,9-13,15-19,21-23H2,2-8H3/t26-,28?,29?,30?,31-,32?,35-,36+,37+,38+/m0/s1. The summed E-state index contributed by atoms with van der Waals surface area (Å²) in [6.45, 7) is 19.5. The topological polar surface area (TPSA) is 46.5 Å². The summed E-state index contributed by atoms with van der Waals surface area (Å²) in [5, 5.41) is 11.0. The number of carbonyl (C=O) groups excluding carboxylic acids is 1. The van der Waals surface area contributed by atoms with Crippen LogP contribution < -0.4 is 0 Å². The summed E-state index contributed by atoms with van der Waals surface area (Å²) in [5.74, 6) is 10.5. The van der Waals surface area contributed by atoms with E-state index in [-0.39, 0.29) is 22.9 Å². The highest BCUT2D eigenvalue weighted by molar-refractivity contribution is 5.90. The highest BCUT2D eigenvalue weighted by atomic mass is 16.5. The lowest BCUT2D eigenvalue weighted by atomic mass is 9.32. The van der Waals surface area contributed by atoms with E-state index in [0.29, 0.717) is 39.9 Å². The second-order valence-electron chi connectivity index (χ2n) is 16.8. The Morgan fingerprint density at radius 1 is 0.902 bits per heavy atom. The minimum absolute atomic E-state index is 0.00212. The van der Waals surface area contributed by atoms with Crippen LogP contribution in [0, 0.1) is 68.5 Å². The first-order valence-corrected chi connectivity index (χ1v) is 16.9. The molecule has 41 heavy (non-hydrogen) atoms. The summed E-state index contributed by atoms with van der Waals surface area (Å²) in [6.07, 6.45) is 14.6. The summed E-state index contributed by atoms with van der Waals surface area (Å²) < 4.78 is 5.11. The second kappa shape index (κ2) is 9.74. The van der Waals surface area contributed by atoms with E-state index in [2.05, 4.69) is 60.0 Å². The molecule has 0 bridgehead atoms. The minimum atomic E-state index is -0.183. The number of fused-ring (bicyclic) bond motifs is 7. The van der Waals surface area contributed by atoms with E-state index in [4.69, 9.17) is 4.74 Å². The number of aliphatic hydroxyl groups is 1. The number of hydrogen-bond donors (Lipinski definition) is 1. The van der Waals surface area contributed by atoms with E-state index >= 15 is 0 Å². The maximum atomic E-state index is 12.5. The fourth-order valence-corrected chi connectivity index (χ4v) is 12.8. The molecule has 5 saturated carbocycles. The molecule has 6 aliphatic rings. The average molecular weight is 561 g/mol. The number of allylic oxidation sites excluding steroid dienone is 2. The van der Waals surface area contributed by atoms with Gasteiger partial charge in [0.1, 0.15) is 0 Å². The first kappa shape index (κ1) is 29.5. The number of esters is 1. The molecule has 0 radical (unpaired) electrons. The van der Waals surface area contributed by atoms with Crippen molar-refractivity contribution in [2.75, 3.05) is 7.11 Å². The Balaban J connectivity index is 1.38. The van der Waals surface area contributed by atoms with Gasteiger partial charge in [0.2, 0.25) is 0 Å². The Morgan fingerprint density at radius 3 is 2.37 bits per heavy atom. The Hall–Kier alpha value is -1.53. The summed E-state index contributed by atoms with van der Waals surface area (Å²) in [4.78, 5) is 12.5. The lowest BCUT2D eigenvalue weighted by molar-refractivity contribution is -0.244. The van der Waals surface area contributed by atoms with Crippen molar-refractivity contribution in [3.8, 4) is 11.8 Å². The third-order valence-corrected chi connectivity index (χ3v) is 15.2. The lowest BCUT2D eigenvalue weighted by Crippen LogP contribution is -2.66. The monoisotopic (exact) mass is 560 g/mol. The SMILES string of the molecule is C=C(C)[C@@H]1CC[C@]2(C#CC3=C(C(=O)OC)CCC3)CC[C@]3(C)C(CCC4[C@@]5(C)CC[C@H](O)C(C)(C)C5CC[C@]43C)C12. The molecular formula is C38H56O3. The molecule has 5 fully saturated rings. The van der Waals surface area contributed by atoms with Crippen LogP contribution in [-0.2, 0) is 9.53 Å². The summed E-state index contributed by atoms with van der Waals surface area (Å²) in [7, 11) is 1.49. The minimum Gasteiger partial charge on any atom is -0.466 e. The Morgan fingerprint density at radius 2 is 1.66 bits per heavy atom. The van der Waals surface area contributed by atoms with Gasteiger partial charge in [0.05, 0.1) is 13.2 Å². The van der Waals surface area contributed by atoms with Gasteiger partial charge in [-0.2, -0.15) is 0 Å². The normalized spacial score (nSPS) is 48.2. The van der Waals surface area contributed by atoms with Gasteiger partial charge in [0, 0.05) is 16.6 Å². The Bertz CT molecular complexity index is 1210. The number of ether oxygens (including phenoxy) is 1. The molecule has 1 N–H and O–H groups in total. The maximum Gasteiger partial charge on any atom is 0.334 e. The fourth-order valence-electron chi connectivity index (χ4n) is 12.8. The molecule has 4 unspecified atom stereocenters. The number of hydrogen-bond acceptors (Lipinski definition) is 3. The van der Waals surface area contributed by atoms with Crippen LogP contribution in [0.3, 0.4) is 0 Å². The Labute approximate surface area is 250 Å². The second-order valence-corrected chi connectivity index (χ2v) is 16.8. The number of rotatable bonds is 2. The molecule has 6 rings (SSSR count). The summed E-state index contributed by atoms with van der Waals surface area (Å²) in [6, 6.07) is 0. The van der Waals surface area contributed by atoms with Crippen molar-refractivity contribution in [1.29, 1.82) is 0 Å². The Kier molecular flexibility index (Phi) is 7.02. The van der Waals surface area contributed by atoms with Gasteiger partial charge in [-0.15, -0.1) is 0 Å². The fraction of sp³-hybridized carbons (Fsp3) is 0.816. The molecule has 0 aromatic carbocycles. The van der Waals surface area contributed by atoms with Crippen molar-refractivity contribution in [2.24, 2.45) is 56.7 Å². The van der Waals surface area contributed by atoms with Crippen LogP contribution in [0.25, 0.3) is 0 Å². The molecule has 0 aromatic rings. The maximum absolute atomic E-state index is 12.5. The number of aliphatic hydroxyl groups excluding tert-OH is 1. The van der Waals surface area contributed by atoms with Crippen molar-refractivity contribution >= 4 is 5.97 Å². The van der Waals surface area contributed by atoms with Crippen molar-refractivity contribution in [1.82, 2.24) is 0 Å². The van der Waals surface area contributed by atoms with Crippen LogP contribution in [0.1, 0.15) is 125 Å². The van der Waals surface area contributed by atoms with Gasteiger partial charge < -0.3 is 9.84 Å². The molecule has 3 nitrogen and oxygen atoms in total. The average Bonchev–Trinajstić information content (AvgIpc) is 3.55. The van der Waals surface area contributed by atoms with Crippen molar-refractivity contribution in [3.05, 3.63) is 23.3 Å². The van der Waals surface area contributed by atoms with E-state index in [0.717, 1.165) is 42.7 Å². The number of carbonyl (C=O) groups is 1. The summed E-state index contributed by atoms with van der Waals surface area (Å²) in [5.41, 5.74) is 4.16. The molecule has 0 aromatic heterocycles. The largest absolute Gasteiger partial charge is 0.466 e. The number of methoxy groups -OCH3 is 1. The van der Waals surface area contributed by atoms with E-state index in [1.165, 1.54) is 70.5 Å². The van der Waals surface area contributed by atoms with E-state index < -0.39 is 0 Å². The van der Waals surface area contributed by atoms with Crippen LogP contribution in [0.15, 0.2) is 23.3 Å². The van der Waals surface area contributed by atoms with Gasteiger partial charge in [-0.3, -0.25) is 0 Å². The smallest absolute Gasteiger partial charge is 0.334 e. The molecule has 0 heterocycles. The van der Waals surface area contributed by atoms with Gasteiger partial charge >= 0.3 is 5.97 Å². The van der Waals surface area contributed by atoms with Gasteiger partial charge in [0.15, 0.2) is 0 Å². The van der Waals surface area contributed by atoms with Crippen molar-refractivity contribution in [2.45, 2.75) is 131 Å². The molecular weight excluding hydrogens is 504 g/mol. The van der Waals surface area contributed by atoms with Gasteiger partial charge in [0.25, 0.3) is 0 Å². The molecule has 0 spiro atoms. The van der Waals surface area contributed by atoms with Gasteiger partial charge in [-0.05, 0) is 142 Å². The highest BCUT2D eigenvalue weighted by Crippen LogP contribution is 2.77. The third-order valence-electron chi connectivity index (χ3n) is 15.2. The van der Waals surface area contributed by atoms with E-state index in [1.54, 1.807) is 0 Å². The predicted molar refractivity (Wildman–Crippen MR) is 166 cm³/mol. The van der Waals surface area contributed by atoms with Crippen LogP contribution in [-0.4, -0.2) is 24.3 Å². The van der Waals surface area contributed by atoms with E-state index in [1.807, 2.05) is 0 Å². The van der Waals surface area contributed by atoms with Crippen LogP contribution >= 0.6 is 0 Å². The third kappa shape index (κ3) is 3.97. The molecule has 3 heteroatoms. The molecule has 0 amide bonds. The van der Waals surface area contributed by atoms with Crippen LogP contribution in [0.4, 0.5) is 0 Å². The zero-order chi connectivity index (χ0) is 29.6. The first-order chi connectivity index (χ1) is 19.2. The van der Waals surface area contributed by atoms with Gasteiger partial charge in [-0.1, -0.05) is 58.6 Å². The molecule has 0 saturated heterocycles. The zero-order valence-electron chi connectivity index (χ0n) is 27.1. The van der Waals surface area contributed by atoms with Crippen molar-refractivity contribution < 1.29 is 14.6 Å². The summed E-state index contributed by atoms with van der Waals surface area (Å²) >= 11 is 0. The molecule has 10 atom stereocenters. The molecule has 226 valence electrons. The van der Waals surface area contributed by atoms with Crippen molar-refractivity contribution in [3.63, 3.8) is 0 Å². The van der Waals surface area contributed by atoms with Gasteiger partial charge in [-0.25, -0.2) is 4.79 Å². The highest BCUT2D eigenvalue weighted by Gasteiger charge is 2.70. The van der Waals surface area contributed by atoms with Crippen LogP contribution in [0.5, 0.6) is 0 Å². The molecule has 0 aliphatic heterocycles. The van der Waals surface area contributed by atoms with E-state index in [9.17, 15) is 9.90 Å². The lowest BCUT2D eigenvalue weighted by Gasteiger charge is -2.72.